The molecule has 0 aliphatic carbocycles. The lowest BCUT2D eigenvalue weighted by Gasteiger charge is -2.10. The van der Waals surface area contributed by atoms with E-state index in [1.807, 2.05) is 36.4 Å². The van der Waals surface area contributed by atoms with Gasteiger partial charge in [-0.2, -0.15) is 20.2 Å². The maximum Gasteiger partial charge on any atom is 0.232 e. The van der Waals surface area contributed by atoms with Gasteiger partial charge in [0.25, 0.3) is 0 Å². The molecule has 0 saturated heterocycles. The minimum Gasteiger partial charge on any atom is -0.486 e. The van der Waals surface area contributed by atoms with E-state index in [0.29, 0.717) is 27.0 Å². The summed E-state index contributed by atoms with van der Waals surface area (Å²) in [4.78, 5) is 30.1. The Bertz CT molecular complexity index is 1350. The summed E-state index contributed by atoms with van der Waals surface area (Å²) >= 11 is 1.11. The Morgan fingerprint density at radius 1 is 1.15 bits per heavy atom. The lowest BCUT2D eigenvalue weighted by molar-refractivity contribution is 0.0979. The van der Waals surface area contributed by atoms with Crippen molar-refractivity contribution in [3.8, 4) is 11.8 Å². The molecular formula is C23H18FN7O2S. The van der Waals surface area contributed by atoms with E-state index >= 15 is 0 Å². The number of hydrogen-bond donors (Lipinski definition) is 2. The van der Waals surface area contributed by atoms with E-state index in [4.69, 9.17) is 10.5 Å². The van der Waals surface area contributed by atoms with Crippen LogP contribution in [0.1, 0.15) is 32.1 Å². The van der Waals surface area contributed by atoms with E-state index < -0.39 is 11.7 Å². The molecule has 0 saturated carbocycles. The molecule has 0 amide bonds. The molecule has 1 unspecified atom stereocenters. The molecule has 11 heteroatoms. The Morgan fingerprint density at radius 2 is 1.88 bits per heavy atom. The average molecular weight is 476 g/mol. The average Bonchev–Trinajstić information content (AvgIpc) is 3.20. The van der Waals surface area contributed by atoms with E-state index in [2.05, 4.69) is 25.3 Å². The van der Waals surface area contributed by atoms with Gasteiger partial charge in [-0.3, -0.25) is 4.79 Å². The summed E-state index contributed by atoms with van der Waals surface area (Å²) in [5, 5.41) is 13.3. The smallest absolute Gasteiger partial charge is 0.232 e. The van der Waals surface area contributed by atoms with Gasteiger partial charge in [0.2, 0.25) is 11.9 Å². The lowest BCUT2D eigenvalue weighted by atomic mass is 10.0. The number of aryl methyl sites for hydroxylation is 1. The molecule has 4 aromatic rings. The normalized spacial score (nSPS) is 11.4. The predicted octanol–water partition coefficient (Wildman–Crippen LogP) is 4.17. The van der Waals surface area contributed by atoms with Crippen molar-refractivity contribution in [2.75, 3.05) is 11.1 Å². The van der Waals surface area contributed by atoms with Crippen LogP contribution >= 0.6 is 11.3 Å². The number of benzene rings is 2. The van der Waals surface area contributed by atoms with Crippen LogP contribution in [0.5, 0.6) is 5.75 Å². The highest BCUT2D eigenvalue weighted by Gasteiger charge is 2.29. The van der Waals surface area contributed by atoms with Gasteiger partial charge in [-0.1, -0.05) is 18.2 Å². The highest BCUT2D eigenvalue weighted by molar-refractivity contribution is 7.13. The van der Waals surface area contributed by atoms with Crippen molar-refractivity contribution < 1.29 is 13.9 Å². The van der Waals surface area contributed by atoms with Crippen LogP contribution in [-0.2, 0) is 6.61 Å². The number of nitrogens with one attached hydrogen (secondary N) is 1. The zero-order valence-electron chi connectivity index (χ0n) is 17.9. The fourth-order valence-corrected chi connectivity index (χ4v) is 3.98. The summed E-state index contributed by atoms with van der Waals surface area (Å²) in [5.74, 6) is -1.75. The van der Waals surface area contributed by atoms with Gasteiger partial charge < -0.3 is 15.8 Å². The molecule has 3 N–H and O–H groups in total. The number of aromatic nitrogens is 4. The Hall–Kier alpha value is -4.43. The van der Waals surface area contributed by atoms with Crippen molar-refractivity contribution in [3.63, 3.8) is 0 Å². The molecule has 1 atom stereocenters. The number of carbonyl (C=O) groups excluding carboxylic acids is 1. The molecule has 0 spiro atoms. The second kappa shape index (κ2) is 10.0. The van der Waals surface area contributed by atoms with Gasteiger partial charge in [0.1, 0.15) is 23.2 Å². The summed E-state index contributed by atoms with van der Waals surface area (Å²) in [5.41, 5.74) is 6.98. The molecule has 0 radical (unpaired) electrons. The summed E-state index contributed by atoms with van der Waals surface area (Å²) in [6.07, 6.45) is 0. The van der Waals surface area contributed by atoms with Crippen molar-refractivity contribution in [2.45, 2.75) is 19.4 Å². The third-order valence-corrected chi connectivity index (χ3v) is 5.74. The number of nitrogens with two attached hydrogens (primary N) is 1. The van der Waals surface area contributed by atoms with Crippen LogP contribution in [0.4, 0.5) is 22.0 Å². The van der Waals surface area contributed by atoms with Crippen LogP contribution in [0, 0.1) is 24.1 Å². The first kappa shape index (κ1) is 22.8. The maximum absolute atomic E-state index is 13.2. The van der Waals surface area contributed by atoms with Gasteiger partial charge in [-0.15, -0.1) is 11.3 Å². The van der Waals surface area contributed by atoms with E-state index in [-0.39, 0.29) is 30.1 Å². The number of thiazole rings is 1. The summed E-state index contributed by atoms with van der Waals surface area (Å²) in [6.45, 7) is 1.76. The first-order valence-corrected chi connectivity index (χ1v) is 10.9. The van der Waals surface area contributed by atoms with Crippen molar-refractivity contribution in [3.05, 3.63) is 81.8 Å². The Labute approximate surface area is 198 Å². The number of nitrogens with zero attached hydrogens (tertiary/aromatic N) is 5. The van der Waals surface area contributed by atoms with Crippen LogP contribution in [0.15, 0.2) is 54.6 Å². The molecule has 170 valence electrons. The zero-order chi connectivity index (χ0) is 24.1. The minimum absolute atomic E-state index is 0.0599. The number of ether oxygens (including phenoxy) is 1. The zero-order valence-corrected chi connectivity index (χ0v) is 18.7. The number of hydrogen-bond acceptors (Lipinski definition) is 10. The number of Topliss-reactive ketones (excluding diaryl/α,β-unsaturated/α-hetero) is 1. The Morgan fingerprint density at radius 3 is 2.59 bits per heavy atom. The van der Waals surface area contributed by atoms with Gasteiger partial charge >= 0.3 is 0 Å². The van der Waals surface area contributed by atoms with E-state index in [1.165, 1.54) is 24.3 Å². The molecule has 0 bridgehead atoms. The molecule has 4 rings (SSSR count). The van der Waals surface area contributed by atoms with E-state index in [1.54, 1.807) is 6.92 Å². The summed E-state index contributed by atoms with van der Waals surface area (Å²) in [7, 11) is 0. The molecule has 34 heavy (non-hydrogen) atoms. The number of anilines is 3. The van der Waals surface area contributed by atoms with Crippen LogP contribution in [0.2, 0.25) is 0 Å². The van der Waals surface area contributed by atoms with E-state index in [0.717, 1.165) is 11.3 Å². The summed E-state index contributed by atoms with van der Waals surface area (Å²) in [6, 6.07) is 16.7. The van der Waals surface area contributed by atoms with Crippen LogP contribution < -0.4 is 15.8 Å². The first-order chi connectivity index (χ1) is 16.4. The minimum atomic E-state index is -1.30. The molecule has 2 aromatic heterocycles. The van der Waals surface area contributed by atoms with Crippen molar-refractivity contribution in [2.24, 2.45) is 0 Å². The van der Waals surface area contributed by atoms with Gasteiger partial charge in [-0.05, 0) is 43.3 Å². The first-order valence-electron chi connectivity index (χ1n) is 10.0. The lowest BCUT2D eigenvalue weighted by Crippen LogP contribution is -2.17. The fourth-order valence-electron chi connectivity index (χ4n) is 3.03. The molecule has 9 nitrogen and oxygen atoms in total. The second-order valence-electron chi connectivity index (χ2n) is 7.06. The molecular weight excluding hydrogens is 457 g/mol. The molecule has 0 fully saturated rings. The van der Waals surface area contributed by atoms with Gasteiger partial charge in [0, 0.05) is 5.69 Å². The van der Waals surface area contributed by atoms with Gasteiger partial charge in [0.05, 0.1) is 16.6 Å². The number of carbonyl (C=O) groups is 1. The van der Waals surface area contributed by atoms with Crippen molar-refractivity contribution in [1.82, 2.24) is 19.9 Å². The monoisotopic (exact) mass is 475 g/mol. The van der Waals surface area contributed by atoms with Crippen LogP contribution in [0.3, 0.4) is 0 Å². The molecule has 0 aliphatic rings. The third-order valence-electron chi connectivity index (χ3n) is 4.59. The van der Waals surface area contributed by atoms with Crippen LogP contribution in [0.25, 0.3) is 0 Å². The fraction of sp³-hybridized carbons (Fsp3) is 0.130. The second-order valence-corrected chi connectivity index (χ2v) is 8.14. The number of halogens is 1. The topological polar surface area (TPSA) is 140 Å². The SMILES string of the molecule is Cc1nc(COc2ccc(F)cc2)sc1C(=O)C(C#N)c1nc(N)nc(Nc2ccccc2)n1. The maximum atomic E-state index is 13.2. The van der Waals surface area contributed by atoms with Crippen molar-refractivity contribution >= 4 is 34.7 Å². The van der Waals surface area contributed by atoms with Gasteiger partial charge in [-0.25, -0.2) is 9.37 Å². The summed E-state index contributed by atoms with van der Waals surface area (Å²) < 4.78 is 18.6. The number of nitrogen functional groups attached to an aromatic ring is 1. The number of ketones is 1. The number of para-hydroxylation sites is 1. The highest BCUT2D eigenvalue weighted by Crippen LogP contribution is 2.27. The molecule has 0 aliphatic heterocycles. The molecule has 2 aromatic carbocycles. The molecule has 2 heterocycles. The highest BCUT2D eigenvalue weighted by atomic mass is 32.1. The number of rotatable bonds is 8. The quantitative estimate of drug-likeness (QED) is 0.359. The predicted molar refractivity (Wildman–Crippen MR) is 124 cm³/mol. The van der Waals surface area contributed by atoms with Crippen molar-refractivity contribution in [1.29, 1.82) is 5.26 Å². The van der Waals surface area contributed by atoms with E-state index in [9.17, 15) is 14.4 Å². The van der Waals surface area contributed by atoms with Crippen LogP contribution in [-0.4, -0.2) is 25.7 Å². The van der Waals surface area contributed by atoms with Gasteiger partial charge in [0.15, 0.2) is 17.5 Å². The number of nitriles is 1. The standard InChI is InChI=1S/C23H18FN7O2S/c1-13-20(34-18(27-13)12-33-16-9-7-14(24)8-10-16)19(32)17(11-25)21-29-22(26)31-23(30-21)28-15-5-3-2-4-6-15/h2-10,17H,12H2,1H3,(H3,26,28,29,30,31). The third kappa shape index (κ3) is 5.31. The Balaban J connectivity index is 1.53. The largest absolute Gasteiger partial charge is 0.486 e. The Kier molecular flexibility index (Phi) is 6.70.